The number of nitrogens with two attached hydrogens (primary N) is 1. The van der Waals surface area contributed by atoms with Crippen molar-refractivity contribution < 1.29 is 0 Å². The Balaban J connectivity index is 3.37. The zero-order valence-electron chi connectivity index (χ0n) is 9.68. The highest BCUT2D eigenvalue weighted by molar-refractivity contribution is 5.76. The summed E-state index contributed by atoms with van der Waals surface area (Å²) < 4.78 is 0. The fraction of sp³-hybridized carbons (Fsp3) is 0.909. The van der Waals surface area contributed by atoms with Crippen LogP contribution in [-0.2, 0) is 0 Å². The van der Waals surface area contributed by atoms with Gasteiger partial charge >= 0.3 is 0 Å². The molecule has 0 heterocycles. The van der Waals surface area contributed by atoms with Crippen molar-refractivity contribution in [2.45, 2.75) is 46.0 Å². The lowest BCUT2D eigenvalue weighted by atomic mass is 10.2. The van der Waals surface area contributed by atoms with Crippen molar-refractivity contribution in [3.63, 3.8) is 0 Å². The monoisotopic (exact) mass is 199 g/mol. The molecule has 0 aromatic carbocycles. The molecule has 3 heteroatoms. The molecule has 0 aliphatic heterocycles. The van der Waals surface area contributed by atoms with Crippen LogP contribution < -0.4 is 5.73 Å². The van der Waals surface area contributed by atoms with Crippen LogP contribution >= 0.6 is 0 Å². The van der Waals surface area contributed by atoms with E-state index in [1.807, 2.05) is 0 Å². The van der Waals surface area contributed by atoms with Gasteiger partial charge in [0.05, 0.1) is 5.84 Å². The summed E-state index contributed by atoms with van der Waals surface area (Å²) >= 11 is 0. The van der Waals surface area contributed by atoms with Crippen LogP contribution in [0.5, 0.6) is 0 Å². The van der Waals surface area contributed by atoms with Gasteiger partial charge in [0.1, 0.15) is 0 Å². The van der Waals surface area contributed by atoms with E-state index in [1.54, 1.807) is 0 Å². The molecule has 84 valence electrons. The van der Waals surface area contributed by atoms with Crippen LogP contribution in [0.15, 0.2) is 0 Å². The maximum Gasteiger partial charge on any atom is 0.0905 e. The molecule has 0 aromatic heterocycles. The van der Waals surface area contributed by atoms with E-state index in [0.717, 1.165) is 32.4 Å². The number of nitrogens with zero attached hydrogens (tertiary/aromatic N) is 1. The Hall–Kier alpha value is -0.570. The van der Waals surface area contributed by atoms with Crippen molar-refractivity contribution >= 4 is 5.84 Å². The lowest BCUT2D eigenvalue weighted by Crippen LogP contribution is -2.25. The number of rotatable bonds is 9. The molecule has 0 saturated carbocycles. The minimum Gasteiger partial charge on any atom is -0.388 e. The average molecular weight is 199 g/mol. The molecule has 0 radical (unpaired) electrons. The maximum absolute atomic E-state index is 7.10. The zero-order valence-corrected chi connectivity index (χ0v) is 9.68. The predicted molar refractivity (Wildman–Crippen MR) is 62.8 cm³/mol. The van der Waals surface area contributed by atoms with Crippen molar-refractivity contribution in [2.24, 2.45) is 5.73 Å². The second kappa shape index (κ2) is 9.00. The largest absolute Gasteiger partial charge is 0.388 e. The Kier molecular flexibility index (Phi) is 8.64. The van der Waals surface area contributed by atoms with Crippen LogP contribution in [0.3, 0.4) is 0 Å². The quantitative estimate of drug-likeness (QED) is 0.340. The van der Waals surface area contributed by atoms with Gasteiger partial charge < -0.3 is 10.6 Å². The second-order valence-electron chi connectivity index (χ2n) is 3.77. The fourth-order valence-corrected chi connectivity index (χ4v) is 1.46. The van der Waals surface area contributed by atoms with Crippen molar-refractivity contribution in [1.82, 2.24) is 4.90 Å². The Labute approximate surface area is 88.2 Å². The first kappa shape index (κ1) is 13.4. The molecular weight excluding hydrogens is 174 g/mol. The standard InChI is InChI=1S/C11H25N3/c1-3-5-9-14(4-2)10-7-6-8-11(12)13/h3-10H2,1-2H3,(H3,12,13). The van der Waals surface area contributed by atoms with Crippen LogP contribution in [0, 0.1) is 5.41 Å². The van der Waals surface area contributed by atoms with Crippen LogP contribution in [0.2, 0.25) is 0 Å². The van der Waals surface area contributed by atoms with Gasteiger partial charge in [-0.3, -0.25) is 5.41 Å². The average Bonchev–Trinajstić information content (AvgIpc) is 2.16. The van der Waals surface area contributed by atoms with E-state index < -0.39 is 0 Å². The van der Waals surface area contributed by atoms with E-state index in [-0.39, 0.29) is 0 Å². The van der Waals surface area contributed by atoms with E-state index in [1.165, 1.54) is 19.4 Å². The lowest BCUT2D eigenvalue weighted by molar-refractivity contribution is 0.278. The SMILES string of the molecule is CCCCN(CC)CCCCC(=N)N. The van der Waals surface area contributed by atoms with E-state index in [2.05, 4.69) is 18.7 Å². The van der Waals surface area contributed by atoms with E-state index in [4.69, 9.17) is 11.1 Å². The van der Waals surface area contributed by atoms with Crippen LogP contribution in [0.1, 0.15) is 46.0 Å². The van der Waals surface area contributed by atoms with Crippen molar-refractivity contribution in [1.29, 1.82) is 5.41 Å². The van der Waals surface area contributed by atoms with Gasteiger partial charge in [-0.25, -0.2) is 0 Å². The maximum atomic E-state index is 7.10. The Bertz CT molecular complexity index is 145. The first-order valence-corrected chi connectivity index (χ1v) is 5.76. The van der Waals surface area contributed by atoms with Crippen LogP contribution in [0.4, 0.5) is 0 Å². The number of hydrogen-bond donors (Lipinski definition) is 2. The molecule has 0 amide bonds. The number of unbranched alkanes of at least 4 members (excludes halogenated alkanes) is 2. The summed E-state index contributed by atoms with van der Waals surface area (Å²) in [5.41, 5.74) is 5.29. The van der Waals surface area contributed by atoms with Crippen molar-refractivity contribution in [3.05, 3.63) is 0 Å². The predicted octanol–water partition coefficient (Wildman–Crippen LogP) is 2.21. The summed E-state index contributed by atoms with van der Waals surface area (Å²) in [6.45, 7) is 7.95. The molecule has 0 saturated heterocycles. The number of nitrogens with one attached hydrogen (secondary N) is 1. The third-order valence-electron chi connectivity index (χ3n) is 2.45. The summed E-state index contributed by atoms with van der Waals surface area (Å²) in [7, 11) is 0. The zero-order chi connectivity index (χ0) is 10.8. The Morgan fingerprint density at radius 2 is 1.79 bits per heavy atom. The van der Waals surface area contributed by atoms with Crippen LogP contribution in [-0.4, -0.2) is 30.4 Å². The molecule has 3 nitrogen and oxygen atoms in total. The van der Waals surface area contributed by atoms with Gasteiger partial charge in [0.2, 0.25) is 0 Å². The highest BCUT2D eigenvalue weighted by atomic mass is 15.1. The minimum atomic E-state index is 0.321. The van der Waals surface area contributed by atoms with Gasteiger partial charge in [-0.15, -0.1) is 0 Å². The van der Waals surface area contributed by atoms with Gasteiger partial charge in [-0.05, 0) is 38.9 Å². The molecule has 0 atom stereocenters. The van der Waals surface area contributed by atoms with E-state index in [0.29, 0.717) is 5.84 Å². The van der Waals surface area contributed by atoms with Gasteiger partial charge in [-0.1, -0.05) is 20.3 Å². The van der Waals surface area contributed by atoms with Gasteiger partial charge in [-0.2, -0.15) is 0 Å². The van der Waals surface area contributed by atoms with Gasteiger partial charge in [0.15, 0.2) is 0 Å². The van der Waals surface area contributed by atoms with Gasteiger partial charge in [0.25, 0.3) is 0 Å². The smallest absolute Gasteiger partial charge is 0.0905 e. The minimum absolute atomic E-state index is 0.321. The first-order chi connectivity index (χ1) is 6.70. The normalized spacial score (nSPS) is 10.8. The molecule has 0 spiro atoms. The number of hydrogen-bond acceptors (Lipinski definition) is 2. The van der Waals surface area contributed by atoms with E-state index in [9.17, 15) is 0 Å². The summed E-state index contributed by atoms with van der Waals surface area (Å²) in [4.78, 5) is 2.48. The Morgan fingerprint density at radius 1 is 1.14 bits per heavy atom. The summed E-state index contributed by atoms with van der Waals surface area (Å²) in [5, 5.41) is 7.10. The summed E-state index contributed by atoms with van der Waals surface area (Å²) in [6.07, 6.45) is 5.53. The van der Waals surface area contributed by atoms with Crippen LogP contribution in [0.25, 0.3) is 0 Å². The topological polar surface area (TPSA) is 53.1 Å². The molecule has 0 rings (SSSR count). The number of amidine groups is 1. The molecule has 0 aliphatic carbocycles. The molecule has 0 bridgehead atoms. The molecule has 0 unspecified atom stereocenters. The highest BCUT2D eigenvalue weighted by Gasteiger charge is 2.00. The summed E-state index contributed by atoms with van der Waals surface area (Å²) in [6, 6.07) is 0. The summed E-state index contributed by atoms with van der Waals surface area (Å²) in [5.74, 6) is 0.321. The fourth-order valence-electron chi connectivity index (χ4n) is 1.46. The van der Waals surface area contributed by atoms with Crippen molar-refractivity contribution in [2.75, 3.05) is 19.6 Å². The molecule has 3 N–H and O–H groups in total. The second-order valence-corrected chi connectivity index (χ2v) is 3.77. The molecule has 14 heavy (non-hydrogen) atoms. The van der Waals surface area contributed by atoms with Crippen molar-refractivity contribution in [3.8, 4) is 0 Å². The lowest BCUT2D eigenvalue weighted by Gasteiger charge is -2.19. The third-order valence-corrected chi connectivity index (χ3v) is 2.45. The molecule has 0 aliphatic rings. The molecule has 0 aromatic rings. The van der Waals surface area contributed by atoms with E-state index >= 15 is 0 Å². The Morgan fingerprint density at radius 3 is 2.29 bits per heavy atom. The van der Waals surface area contributed by atoms with Gasteiger partial charge in [0, 0.05) is 6.42 Å². The first-order valence-electron chi connectivity index (χ1n) is 5.76. The highest BCUT2D eigenvalue weighted by Crippen LogP contribution is 2.00. The molecule has 0 fully saturated rings. The molecular formula is C11H25N3. The third kappa shape index (κ3) is 8.05.